The second-order valence-corrected chi connectivity index (χ2v) is 6.46. The van der Waals surface area contributed by atoms with Crippen molar-refractivity contribution in [1.82, 2.24) is 15.5 Å². The molecule has 1 atom stereocenters. The molecular formula is C16H30N4S. The van der Waals surface area contributed by atoms with Gasteiger partial charge in [0.25, 0.3) is 0 Å². The number of nitrogens with one attached hydrogen (secondary N) is 2. The molecule has 0 bridgehead atoms. The summed E-state index contributed by atoms with van der Waals surface area (Å²) in [5.41, 5.74) is 0. The molecule has 0 saturated carbocycles. The molecule has 0 aromatic carbocycles. The SMILES string of the molecule is CCNC(=NCC(C)Cc1cccs1)NCCN(C)CC. The van der Waals surface area contributed by atoms with Gasteiger partial charge in [0.05, 0.1) is 0 Å². The lowest BCUT2D eigenvalue weighted by Gasteiger charge is -2.17. The molecule has 0 spiro atoms. The van der Waals surface area contributed by atoms with Crippen LogP contribution in [0, 0.1) is 5.92 Å². The van der Waals surface area contributed by atoms with Gasteiger partial charge in [-0.05, 0) is 44.3 Å². The highest BCUT2D eigenvalue weighted by Crippen LogP contribution is 2.14. The van der Waals surface area contributed by atoms with Gasteiger partial charge in [0, 0.05) is 31.1 Å². The zero-order valence-corrected chi connectivity index (χ0v) is 14.7. The smallest absolute Gasteiger partial charge is 0.191 e. The maximum absolute atomic E-state index is 4.70. The lowest BCUT2D eigenvalue weighted by molar-refractivity contribution is 0.357. The van der Waals surface area contributed by atoms with Crippen LogP contribution in [0.4, 0.5) is 0 Å². The van der Waals surface area contributed by atoms with Crippen molar-refractivity contribution in [2.75, 3.05) is 39.8 Å². The van der Waals surface area contributed by atoms with Gasteiger partial charge in [0.1, 0.15) is 0 Å². The van der Waals surface area contributed by atoms with Crippen molar-refractivity contribution in [1.29, 1.82) is 0 Å². The molecule has 120 valence electrons. The van der Waals surface area contributed by atoms with E-state index in [4.69, 9.17) is 4.99 Å². The molecule has 5 heteroatoms. The van der Waals surface area contributed by atoms with Crippen LogP contribution in [0.15, 0.2) is 22.5 Å². The summed E-state index contributed by atoms with van der Waals surface area (Å²) in [4.78, 5) is 8.43. The summed E-state index contributed by atoms with van der Waals surface area (Å²) in [5, 5.41) is 8.85. The fourth-order valence-corrected chi connectivity index (χ4v) is 2.82. The van der Waals surface area contributed by atoms with Crippen LogP contribution < -0.4 is 10.6 Å². The predicted octanol–water partition coefficient (Wildman–Crippen LogP) is 2.43. The monoisotopic (exact) mass is 310 g/mol. The van der Waals surface area contributed by atoms with Crippen molar-refractivity contribution >= 4 is 17.3 Å². The number of aliphatic imine (C=N–C) groups is 1. The van der Waals surface area contributed by atoms with Crippen LogP contribution in [-0.4, -0.2) is 50.6 Å². The van der Waals surface area contributed by atoms with E-state index in [9.17, 15) is 0 Å². The molecule has 0 aliphatic rings. The topological polar surface area (TPSA) is 39.7 Å². The van der Waals surface area contributed by atoms with E-state index in [0.717, 1.165) is 45.1 Å². The maximum Gasteiger partial charge on any atom is 0.191 e. The fraction of sp³-hybridized carbons (Fsp3) is 0.688. The molecule has 0 radical (unpaired) electrons. The van der Waals surface area contributed by atoms with Gasteiger partial charge in [0.2, 0.25) is 0 Å². The van der Waals surface area contributed by atoms with Crippen LogP contribution in [0.25, 0.3) is 0 Å². The Morgan fingerprint density at radius 2 is 2.19 bits per heavy atom. The van der Waals surface area contributed by atoms with Crippen LogP contribution >= 0.6 is 11.3 Å². The van der Waals surface area contributed by atoms with Gasteiger partial charge in [-0.1, -0.05) is 19.9 Å². The molecule has 2 N–H and O–H groups in total. The van der Waals surface area contributed by atoms with Gasteiger partial charge in [-0.15, -0.1) is 11.3 Å². The van der Waals surface area contributed by atoms with Crippen LogP contribution in [-0.2, 0) is 6.42 Å². The lowest BCUT2D eigenvalue weighted by Crippen LogP contribution is -2.41. The summed E-state index contributed by atoms with van der Waals surface area (Å²) >= 11 is 1.83. The Labute approximate surface area is 133 Å². The summed E-state index contributed by atoms with van der Waals surface area (Å²) in [6, 6.07) is 4.32. The number of guanidine groups is 1. The third kappa shape index (κ3) is 8.07. The van der Waals surface area contributed by atoms with Gasteiger partial charge >= 0.3 is 0 Å². The Kier molecular flexibility index (Phi) is 9.10. The van der Waals surface area contributed by atoms with E-state index in [-0.39, 0.29) is 0 Å². The summed E-state index contributed by atoms with van der Waals surface area (Å²) in [5.74, 6) is 1.50. The number of thiophene rings is 1. The molecule has 21 heavy (non-hydrogen) atoms. The molecule has 1 aromatic rings. The lowest BCUT2D eigenvalue weighted by atomic mass is 10.1. The second kappa shape index (κ2) is 10.6. The van der Waals surface area contributed by atoms with E-state index in [1.54, 1.807) is 0 Å². The Morgan fingerprint density at radius 3 is 2.81 bits per heavy atom. The first-order valence-electron chi connectivity index (χ1n) is 7.88. The highest BCUT2D eigenvalue weighted by molar-refractivity contribution is 7.09. The average molecular weight is 311 g/mol. The first-order chi connectivity index (χ1) is 10.2. The van der Waals surface area contributed by atoms with Crippen molar-refractivity contribution in [3.05, 3.63) is 22.4 Å². The quantitative estimate of drug-likeness (QED) is 0.543. The summed E-state index contributed by atoms with van der Waals surface area (Å²) in [6.45, 7) is 11.3. The molecule has 1 unspecified atom stereocenters. The molecule has 0 aliphatic heterocycles. The maximum atomic E-state index is 4.70. The predicted molar refractivity (Wildman–Crippen MR) is 94.3 cm³/mol. The minimum Gasteiger partial charge on any atom is -0.357 e. The molecule has 0 saturated heterocycles. The minimum absolute atomic E-state index is 0.567. The highest BCUT2D eigenvalue weighted by Gasteiger charge is 2.05. The van der Waals surface area contributed by atoms with Crippen molar-refractivity contribution in [3.63, 3.8) is 0 Å². The zero-order chi connectivity index (χ0) is 15.5. The number of likely N-dealkylation sites (N-methyl/N-ethyl adjacent to an activating group) is 1. The van der Waals surface area contributed by atoms with E-state index < -0.39 is 0 Å². The van der Waals surface area contributed by atoms with E-state index in [1.165, 1.54) is 4.88 Å². The fourth-order valence-electron chi connectivity index (χ4n) is 1.95. The van der Waals surface area contributed by atoms with Crippen LogP contribution in [0.5, 0.6) is 0 Å². The molecule has 0 aliphatic carbocycles. The van der Waals surface area contributed by atoms with Crippen LogP contribution in [0.3, 0.4) is 0 Å². The van der Waals surface area contributed by atoms with E-state index in [2.05, 4.69) is 60.9 Å². The summed E-state index contributed by atoms with van der Waals surface area (Å²) < 4.78 is 0. The number of hydrogen-bond acceptors (Lipinski definition) is 3. The van der Waals surface area contributed by atoms with E-state index >= 15 is 0 Å². The third-order valence-corrected chi connectivity index (χ3v) is 4.26. The summed E-state index contributed by atoms with van der Waals surface area (Å²) in [6.07, 6.45) is 1.11. The van der Waals surface area contributed by atoms with E-state index in [0.29, 0.717) is 5.92 Å². The minimum atomic E-state index is 0.567. The van der Waals surface area contributed by atoms with E-state index in [1.807, 2.05) is 11.3 Å². The van der Waals surface area contributed by atoms with Crippen LogP contribution in [0.1, 0.15) is 25.6 Å². The van der Waals surface area contributed by atoms with Crippen molar-refractivity contribution in [3.8, 4) is 0 Å². The molecule has 1 aromatic heterocycles. The second-order valence-electron chi connectivity index (χ2n) is 5.43. The third-order valence-electron chi connectivity index (χ3n) is 3.36. The largest absolute Gasteiger partial charge is 0.357 e. The number of nitrogens with zero attached hydrogens (tertiary/aromatic N) is 2. The molecule has 4 nitrogen and oxygen atoms in total. The van der Waals surface area contributed by atoms with Gasteiger partial charge < -0.3 is 15.5 Å². The van der Waals surface area contributed by atoms with Gasteiger partial charge in [-0.2, -0.15) is 0 Å². The van der Waals surface area contributed by atoms with Crippen molar-refractivity contribution < 1.29 is 0 Å². The molecular weight excluding hydrogens is 280 g/mol. The molecule has 0 amide bonds. The number of hydrogen-bond donors (Lipinski definition) is 2. The van der Waals surface area contributed by atoms with Crippen molar-refractivity contribution in [2.45, 2.75) is 27.2 Å². The molecule has 1 heterocycles. The van der Waals surface area contributed by atoms with Crippen molar-refractivity contribution in [2.24, 2.45) is 10.9 Å². The normalized spacial score (nSPS) is 13.5. The standard InChI is InChI=1S/C16H30N4S/c1-5-17-16(18-9-10-20(4)6-2)19-13-14(3)12-15-8-7-11-21-15/h7-8,11,14H,5-6,9-10,12-13H2,1-4H3,(H2,17,18,19). The summed E-state index contributed by atoms with van der Waals surface area (Å²) in [7, 11) is 2.13. The van der Waals surface area contributed by atoms with Crippen LogP contribution in [0.2, 0.25) is 0 Å². The van der Waals surface area contributed by atoms with Gasteiger partial charge in [-0.3, -0.25) is 4.99 Å². The Hall–Kier alpha value is -1.07. The van der Waals surface area contributed by atoms with Gasteiger partial charge in [0.15, 0.2) is 5.96 Å². The Morgan fingerprint density at radius 1 is 1.38 bits per heavy atom. The number of rotatable bonds is 9. The van der Waals surface area contributed by atoms with Gasteiger partial charge in [-0.25, -0.2) is 0 Å². The Balaban J connectivity index is 2.35. The highest BCUT2D eigenvalue weighted by atomic mass is 32.1. The molecule has 1 rings (SSSR count). The molecule has 0 fully saturated rings. The zero-order valence-electron chi connectivity index (χ0n) is 13.9. The average Bonchev–Trinajstić information content (AvgIpc) is 2.97. The first-order valence-corrected chi connectivity index (χ1v) is 8.76. The Bertz CT molecular complexity index is 389. The first kappa shape index (κ1) is 18.0.